The van der Waals surface area contributed by atoms with E-state index in [-0.39, 0.29) is 16.9 Å². The Kier molecular flexibility index (Phi) is 9.42. The highest BCUT2D eigenvalue weighted by Crippen LogP contribution is 2.13. The molecule has 0 radical (unpaired) electrons. The van der Waals surface area contributed by atoms with Crippen LogP contribution < -0.4 is 20.9 Å². The Balaban J connectivity index is 1.33. The van der Waals surface area contributed by atoms with Gasteiger partial charge in [-0.2, -0.15) is 0 Å². The SMILES string of the molecule is O=C(CCN1CCOCC1)NNC(=S)NC(=O)c1ccc(OCCc2ccccc2)cc1. The fourth-order valence-electron chi connectivity index (χ4n) is 3.11. The molecular formula is C23H28N4O4S. The molecule has 0 aromatic heterocycles. The van der Waals surface area contributed by atoms with Crippen LogP contribution in [0.4, 0.5) is 0 Å². The van der Waals surface area contributed by atoms with Crippen molar-refractivity contribution < 1.29 is 19.1 Å². The van der Waals surface area contributed by atoms with Gasteiger partial charge in [0.25, 0.3) is 5.91 Å². The van der Waals surface area contributed by atoms with Gasteiger partial charge in [-0.3, -0.25) is 30.7 Å². The lowest BCUT2D eigenvalue weighted by atomic mass is 10.2. The van der Waals surface area contributed by atoms with Crippen molar-refractivity contribution in [3.63, 3.8) is 0 Å². The standard InChI is InChI=1S/C23H28N4O4S/c28-21(10-12-27-13-16-30-17-14-27)25-26-23(32)24-22(29)19-6-8-20(9-7-19)31-15-11-18-4-2-1-3-5-18/h1-9H,10-17H2,(H,25,28)(H2,24,26,29,32). The molecule has 2 amide bonds. The Morgan fingerprint density at radius 1 is 1.00 bits per heavy atom. The van der Waals surface area contributed by atoms with Crippen molar-refractivity contribution in [1.29, 1.82) is 0 Å². The van der Waals surface area contributed by atoms with Gasteiger partial charge in [0.2, 0.25) is 5.91 Å². The second kappa shape index (κ2) is 12.7. The van der Waals surface area contributed by atoms with E-state index in [0.717, 1.165) is 19.5 Å². The van der Waals surface area contributed by atoms with Gasteiger partial charge in [0.1, 0.15) is 5.75 Å². The van der Waals surface area contributed by atoms with Crippen LogP contribution in [0.3, 0.4) is 0 Å². The van der Waals surface area contributed by atoms with Gasteiger partial charge < -0.3 is 9.47 Å². The van der Waals surface area contributed by atoms with Crippen molar-refractivity contribution in [2.75, 3.05) is 39.5 Å². The number of carbonyl (C=O) groups excluding carboxylic acids is 2. The molecule has 1 aliphatic rings. The topological polar surface area (TPSA) is 91.9 Å². The predicted octanol–water partition coefficient (Wildman–Crippen LogP) is 1.67. The van der Waals surface area contributed by atoms with Gasteiger partial charge in [-0.05, 0) is 42.0 Å². The van der Waals surface area contributed by atoms with E-state index in [9.17, 15) is 9.59 Å². The van der Waals surface area contributed by atoms with Crippen molar-refractivity contribution in [2.45, 2.75) is 12.8 Å². The lowest BCUT2D eigenvalue weighted by Gasteiger charge is -2.26. The summed E-state index contributed by atoms with van der Waals surface area (Å²) in [6, 6.07) is 16.9. The van der Waals surface area contributed by atoms with E-state index in [0.29, 0.717) is 44.1 Å². The number of ether oxygens (including phenoxy) is 2. The van der Waals surface area contributed by atoms with Gasteiger partial charge >= 0.3 is 0 Å². The number of nitrogens with zero attached hydrogens (tertiary/aromatic N) is 1. The fourth-order valence-corrected chi connectivity index (χ4v) is 3.26. The molecule has 3 N–H and O–H groups in total. The van der Waals surface area contributed by atoms with E-state index in [1.54, 1.807) is 24.3 Å². The Bertz CT molecular complexity index is 887. The van der Waals surface area contributed by atoms with E-state index >= 15 is 0 Å². The summed E-state index contributed by atoms with van der Waals surface area (Å²) >= 11 is 5.08. The number of amides is 2. The number of hydrogen-bond donors (Lipinski definition) is 3. The van der Waals surface area contributed by atoms with Gasteiger partial charge in [0.05, 0.1) is 19.8 Å². The lowest BCUT2D eigenvalue weighted by molar-refractivity contribution is -0.122. The normalized spacial score (nSPS) is 13.8. The van der Waals surface area contributed by atoms with Crippen molar-refractivity contribution >= 4 is 29.1 Å². The highest BCUT2D eigenvalue weighted by atomic mass is 32.1. The molecule has 170 valence electrons. The highest BCUT2D eigenvalue weighted by molar-refractivity contribution is 7.80. The molecule has 2 aromatic carbocycles. The molecule has 9 heteroatoms. The first-order valence-corrected chi connectivity index (χ1v) is 11.0. The van der Waals surface area contributed by atoms with Crippen LogP contribution >= 0.6 is 12.2 Å². The zero-order valence-electron chi connectivity index (χ0n) is 17.8. The number of benzene rings is 2. The van der Waals surface area contributed by atoms with Crippen molar-refractivity contribution in [3.8, 4) is 5.75 Å². The first kappa shape index (κ1) is 23.6. The molecule has 0 aliphatic carbocycles. The summed E-state index contributed by atoms with van der Waals surface area (Å²) < 4.78 is 11.0. The average molecular weight is 457 g/mol. The van der Waals surface area contributed by atoms with Gasteiger partial charge in [-0.25, -0.2) is 0 Å². The van der Waals surface area contributed by atoms with Gasteiger partial charge in [-0.1, -0.05) is 30.3 Å². The molecule has 0 saturated carbocycles. The van der Waals surface area contributed by atoms with Gasteiger partial charge in [0, 0.05) is 38.0 Å². The molecule has 1 heterocycles. The van der Waals surface area contributed by atoms with Crippen LogP contribution in [-0.2, 0) is 16.0 Å². The summed E-state index contributed by atoms with van der Waals surface area (Å²) in [7, 11) is 0. The fraction of sp³-hybridized carbons (Fsp3) is 0.348. The summed E-state index contributed by atoms with van der Waals surface area (Å²) in [4.78, 5) is 26.4. The van der Waals surface area contributed by atoms with E-state index in [1.807, 2.05) is 18.2 Å². The number of rotatable bonds is 8. The maximum Gasteiger partial charge on any atom is 0.257 e. The minimum atomic E-state index is -0.374. The molecule has 2 aromatic rings. The molecule has 8 nitrogen and oxygen atoms in total. The Morgan fingerprint density at radius 2 is 1.72 bits per heavy atom. The molecule has 0 spiro atoms. The molecular weight excluding hydrogens is 428 g/mol. The minimum Gasteiger partial charge on any atom is -0.493 e. The maximum absolute atomic E-state index is 12.3. The Labute approximate surface area is 193 Å². The first-order valence-electron chi connectivity index (χ1n) is 10.6. The Morgan fingerprint density at radius 3 is 2.44 bits per heavy atom. The van der Waals surface area contributed by atoms with Crippen LogP contribution in [0.5, 0.6) is 5.75 Å². The highest BCUT2D eigenvalue weighted by Gasteiger charge is 2.13. The predicted molar refractivity (Wildman–Crippen MR) is 125 cm³/mol. The van der Waals surface area contributed by atoms with Crippen molar-refractivity contribution in [2.24, 2.45) is 0 Å². The number of morpholine rings is 1. The number of hydrogen-bond acceptors (Lipinski definition) is 6. The molecule has 1 aliphatic heterocycles. The number of carbonyl (C=O) groups is 2. The van der Waals surface area contributed by atoms with Crippen molar-refractivity contribution in [3.05, 3.63) is 65.7 Å². The summed E-state index contributed by atoms with van der Waals surface area (Å²) in [5.74, 6) is 0.108. The van der Waals surface area contributed by atoms with E-state index < -0.39 is 0 Å². The second-order valence-electron chi connectivity index (χ2n) is 7.27. The summed E-state index contributed by atoms with van der Waals surface area (Å²) in [6.45, 7) is 4.23. The van der Waals surface area contributed by atoms with Gasteiger partial charge in [-0.15, -0.1) is 0 Å². The third-order valence-electron chi connectivity index (χ3n) is 4.92. The molecule has 32 heavy (non-hydrogen) atoms. The molecule has 0 bridgehead atoms. The van der Waals surface area contributed by atoms with E-state index in [1.165, 1.54) is 5.56 Å². The zero-order valence-corrected chi connectivity index (χ0v) is 18.7. The van der Waals surface area contributed by atoms with Crippen LogP contribution in [0, 0.1) is 0 Å². The van der Waals surface area contributed by atoms with Crippen molar-refractivity contribution in [1.82, 2.24) is 21.1 Å². The van der Waals surface area contributed by atoms with Crippen LogP contribution in [0.25, 0.3) is 0 Å². The van der Waals surface area contributed by atoms with Gasteiger partial charge in [0.15, 0.2) is 5.11 Å². The summed E-state index contributed by atoms with van der Waals surface area (Å²) in [6.07, 6.45) is 1.14. The van der Waals surface area contributed by atoms with Crippen LogP contribution in [0.15, 0.2) is 54.6 Å². The second-order valence-corrected chi connectivity index (χ2v) is 7.68. The van der Waals surface area contributed by atoms with E-state index in [4.69, 9.17) is 21.7 Å². The maximum atomic E-state index is 12.3. The summed E-state index contributed by atoms with van der Waals surface area (Å²) in [5, 5.41) is 2.57. The monoisotopic (exact) mass is 456 g/mol. The molecule has 1 fully saturated rings. The zero-order chi connectivity index (χ0) is 22.6. The third kappa shape index (κ3) is 8.26. The van der Waals surface area contributed by atoms with E-state index in [2.05, 4.69) is 33.2 Å². The number of thiocarbonyl (C=S) groups is 1. The molecule has 0 unspecified atom stereocenters. The van der Waals surface area contributed by atoms with Crippen LogP contribution in [0.2, 0.25) is 0 Å². The van der Waals surface area contributed by atoms with Crippen LogP contribution in [-0.4, -0.2) is 61.3 Å². The number of nitrogens with one attached hydrogen (secondary N) is 3. The summed E-state index contributed by atoms with van der Waals surface area (Å²) in [5.41, 5.74) is 6.70. The lowest BCUT2D eigenvalue weighted by Crippen LogP contribution is -2.49. The minimum absolute atomic E-state index is 0.0258. The first-order chi connectivity index (χ1) is 15.6. The smallest absolute Gasteiger partial charge is 0.257 e. The molecule has 3 rings (SSSR count). The average Bonchev–Trinajstić information content (AvgIpc) is 2.83. The molecule has 1 saturated heterocycles. The third-order valence-corrected chi connectivity index (χ3v) is 5.12. The quantitative estimate of drug-likeness (QED) is 0.411. The van der Waals surface area contributed by atoms with Crippen LogP contribution in [0.1, 0.15) is 22.3 Å². The molecule has 0 atom stereocenters. The largest absolute Gasteiger partial charge is 0.493 e. The number of hydrazine groups is 1. The Hall–Kier alpha value is -3.01.